The van der Waals surface area contributed by atoms with Crippen molar-refractivity contribution in [3.63, 3.8) is 0 Å². The number of hydrogen-bond donors (Lipinski definition) is 1. The Morgan fingerprint density at radius 1 is 1.13 bits per heavy atom. The lowest BCUT2D eigenvalue weighted by molar-refractivity contribution is -0.133. The molecule has 0 unspecified atom stereocenters. The van der Waals surface area contributed by atoms with E-state index in [2.05, 4.69) is 5.32 Å². The quantitative estimate of drug-likeness (QED) is 0.743. The van der Waals surface area contributed by atoms with Gasteiger partial charge in [0.1, 0.15) is 5.56 Å². The number of hydrogen-bond acceptors (Lipinski definition) is 4. The zero-order valence-corrected chi connectivity index (χ0v) is 18.2. The van der Waals surface area contributed by atoms with Crippen molar-refractivity contribution in [3.8, 4) is 0 Å². The number of fused-ring (bicyclic) bond motifs is 1. The van der Waals surface area contributed by atoms with Crippen LogP contribution in [0, 0.1) is 0 Å². The molecule has 0 atom stereocenters. The summed E-state index contributed by atoms with van der Waals surface area (Å²) in [5.74, 6) is -0.781. The molecule has 31 heavy (non-hydrogen) atoms. The number of benzene rings is 1. The Labute approximate surface area is 181 Å². The van der Waals surface area contributed by atoms with Crippen LogP contribution >= 0.6 is 0 Å². The third-order valence-electron chi connectivity index (χ3n) is 5.41. The Morgan fingerprint density at radius 3 is 2.48 bits per heavy atom. The molecule has 0 spiro atoms. The second-order valence-corrected chi connectivity index (χ2v) is 7.92. The van der Waals surface area contributed by atoms with Crippen LogP contribution in [0.15, 0.2) is 41.3 Å². The van der Waals surface area contributed by atoms with E-state index in [-0.39, 0.29) is 35.4 Å². The van der Waals surface area contributed by atoms with Gasteiger partial charge in [0.25, 0.3) is 11.5 Å². The Kier molecular flexibility index (Phi) is 6.89. The summed E-state index contributed by atoms with van der Waals surface area (Å²) in [6.07, 6.45) is 2.84. The fraction of sp³-hybridized carbons (Fsp3) is 0.391. The van der Waals surface area contributed by atoms with E-state index >= 15 is 0 Å². The molecule has 1 N–H and O–H groups in total. The molecule has 0 saturated carbocycles. The summed E-state index contributed by atoms with van der Waals surface area (Å²) in [5, 5.41) is 2.52. The molecular weight excluding hydrogens is 396 g/mol. The number of carbonyl (C=O) groups is 3. The first-order valence-corrected chi connectivity index (χ1v) is 10.3. The Hall–Kier alpha value is -3.42. The van der Waals surface area contributed by atoms with Gasteiger partial charge in [-0.25, -0.2) is 0 Å². The van der Waals surface area contributed by atoms with Crippen LogP contribution in [-0.2, 0) is 35.5 Å². The summed E-state index contributed by atoms with van der Waals surface area (Å²) in [6, 6.07) is 9.83. The molecule has 0 aliphatic carbocycles. The van der Waals surface area contributed by atoms with Crippen LogP contribution in [-0.4, -0.2) is 59.3 Å². The van der Waals surface area contributed by atoms with Crippen molar-refractivity contribution in [2.75, 3.05) is 27.2 Å². The van der Waals surface area contributed by atoms with Gasteiger partial charge in [0, 0.05) is 46.9 Å². The number of aromatic nitrogens is 1. The maximum atomic E-state index is 13.2. The van der Waals surface area contributed by atoms with Crippen molar-refractivity contribution in [2.24, 2.45) is 0 Å². The van der Waals surface area contributed by atoms with E-state index in [4.69, 9.17) is 0 Å². The number of pyridine rings is 1. The molecule has 1 aromatic heterocycles. The summed E-state index contributed by atoms with van der Waals surface area (Å²) < 4.78 is 1.57. The fourth-order valence-electron chi connectivity index (χ4n) is 3.74. The summed E-state index contributed by atoms with van der Waals surface area (Å²) >= 11 is 0. The SMILES string of the molecule is CC(=O)NCC(=O)N1CCc2c(cn(CCc3ccccc3)c(=O)c2C(=O)N(C)C)C1. The predicted octanol–water partition coefficient (Wildman–Crippen LogP) is 0.814. The highest BCUT2D eigenvalue weighted by Crippen LogP contribution is 2.22. The van der Waals surface area contributed by atoms with Gasteiger partial charge in [-0.1, -0.05) is 30.3 Å². The summed E-state index contributed by atoms with van der Waals surface area (Å²) in [7, 11) is 3.25. The largest absolute Gasteiger partial charge is 0.347 e. The van der Waals surface area contributed by atoms with Crippen molar-refractivity contribution >= 4 is 17.7 Å². The first kappa shape index (κ1) is 22.3. The topological polar surface area (TPSA) is 91.7 Å². The minimum atomic E-state index is -0.326. The first-order chi connectivity index (χ1) is 14.8. The van der Waals surface area contributed by atoms with Gasteiger partial charge >= 0.3 is 0 Å². The molecule has 0 radical (unpaired) electrons. The van der Waals surface area contributed by atoms with E-state index in [0.717, 1.165) is 11.1 Å². The second-order valence-electron chi connectivity index (χ2n) is 7.92. The summed E-state index contributed by atoms with van der Waals surface area (Å²) in [5.41, 5.74) is 2.49. The smallest absolute Gasteiger partial charge is 0.263 e. The minimum Gasteiger partial charge on any atom is -0.347 e. The van der Waals surface area contributed by atoms with Gasteiger partial charge in [0.2, 0.25) is 11.8 Å². The number of amides is 3. The second kappa shape index (κ2) is 9.59. The maximum absolute atomic E-state index is 13.2. The lowest BCUT2D eigenvalue weighted by atomic mass is 9.95. The van der Waals surface area contributed by atoms with Crippen LogP contribution in [0.2, 0.25) is 0 Å². The van der Waals surface area contributed by atoms with Crippen molar-refractivity contribution in [3.05, 3.63) is 69.1 Å². The van der Waals surface area contributed by atoms with Crippen LogP contribution < -0.4 is 10.9 Å². The van der Waals surface area contributed by atoms with E-state index in [9.17, 15) is 19.2 Å². The normalized spacial score (nSPS) is 12.8. The van der Waals surface area contributed by atoms with Crippen LogP contribution in [0.4, 0.5) is 0 Å². The van der Waals surface area contributed by atoms with E-state index in [0.29, 0.717) is 38.0 Å². The molecule has 164 valence electrons. The highest BCUT2D eigenvalue weighted by atomic mass is 16.2. The molecule has 0 bridgehead atoms. The molecule has 2 heterocycles. The van der Waals surface area contributed by atoms with Crippen molar-refractivity contribution in [1.82, 2.24) is 19.7 Å². The van der Waals surface area contributed by atoms with Crippen molar-refractivity contribution in [2.45, 2.75) is 32.9 Å². The van der Waals surface area contributed by atoms with Gasteiger partial charge < -0.3 is 19.7 Å². The third kappa shape index (κ3) is 5.20. The van der Waals surface area contributed by atoms with Gasteiger partial charge in [0.15, 0.2) is 0 Å². The molecule has 1 aromatic carbocycles. The van der Waals surface area contributed by atoms with E-state index in [1.54, 1.807) is 29.8 Å². The molecule has 8 heteroatoms. The summed E-state index contributed by atoms with van der Waals surface area (Å²) in [4.78, 5) is 52.7. The van der Waals surface area contributed by atoms with Gasteiger partial charge in [-0.15, -0.1) is 0 Å². The zero-order chi connectivity index (χ0) is 22.5. The molecule has 8 nitrogen and oxygen atoms in total. The molecule has 0 fully saturated rings. The highest BCUT2D eigenvalue weighted by Gasteiger charge is 2.28. The highest BCUT2D eigenvalue weighted by molar-refractivity contribution is 5.95. The fourth-order valence-corrected chi connectivity index (χ4v) is 3.74. The number of carbonyl (C=O) groups excluding carboxylic acids is 3. The van der Waals surface area contributed by atoms with Gasteiger partial charge in [-0.2, -0.15) is 0 Å². The van der Waals surface area contributed by atoms with Crippen LogP contribution in [0.3, 0.4) is 0 Å². The Balaban J connectivity index is 1.93. The first-order valence-electron chi connectivity index (χ1n) is 10.3. The van der Waals surface area contributed by atoms with Crippen molar-refractivity contribution in [1.29, 1.82) is 0 Å². The molecule has 1 aliphatic heterocycles. The number of nitrogens with one attached hydrogen (secondary N) is 1. The average Bonchev–Trinajstić information content (AvgIpc) is 2.76. The Morgan fingerprint density at radius 2 is 1.84 bits per heavy atom. The van der Waals surface area contributed by atoms with Crippen molar-refractivity contribution < 1.29 is 14.4 Å². The predicted molar refractivity (Wildman–Crippen MR) is 117 cm³/mol. The molecular formula is C23H28N4O4. The molecule has 3 amide bonds. The van der Waals surface area contributed by atoms with E-state index < -0.39 is 0 Å². The number of nitrogens with zero attached hydrogens (tertiary/aromatic N) is 3. The van der Waals surface area contributed by atoms with Crippen LogP contribution in [0.5, 0.6) is 0 Å². The van der Waals surface area contributed by atoms with Gasteiger partial charge in [-0.05, 0) is 29.5 Å². The lowest BCUT2D eigenvalue weighted by Crippen LogP contribution is -2.44. The van der Waals surface area contributed by atoms with E-state index in [1.807, 2.05) is 30.3 Å². The average molecular weight is 425 g/mol. The number of aryl methyl sites for hydroxylation is 2. The van der Waals surface area contributed by atoms with Gasteiger partial charge in [0.05, 0.1) is 6.54 Å². The van der Waals surface area contributed by atoms with Crippen LogP contribution in [0.1, 0.15) is 34.0 Å². The number of rotatable bonds is 6. The molecule has 1 aliphatic rings. The Bertz CT molecular complexity index is 1040. The molecule has 3 rings (SSSR count). The maximum Gasteiger partial charge on any atom is 0.263 e. The minimum absolute atomic E-state index is 0.0677. The zero-order valence-electron chi connectivity index (χ0n) is 18.2. The van der Waals surface area contributed by atoms with Crippen LogP contribution in [0.25, 0.3) is 0 Å². The molecule has 2 aromatic rings. The summed E-state index contributed by atoms with van der Waals surface area (Å²) in [6.45, 7) is 2.43. The standard InChI is InChI=1S/C23H28N4O4/c1-16(28)24-13-20(29)26-12-10-19-18(14-26)15-27(11-9-17-7-5-4-6-8-17)23(31)21(19)22(30)25(2)3/h4-8,15H,9-14H2,1-3H3,(H,24,28). The van der Waals surface area contributed by atoms with Gasteiger partial charge in [-0.3, -0.25) is 19.2 Å². The third-order valence-corrected chi connectivity index (χ3v) is 5.41. The molecule has 0 saturated heterocycles. The lowest BCUT2D eigenvalue weighted by Gasteiger charge is -2.31. The monoisotopic (exact) mass is 424 g/mol. The van der Waals surface area contributed by atoms with E-state index in [1.165, 1.54) is 11.8 Å².